The largest absolute Gasteiger partial charge is 0.383 e. The maximum atomic E-state index is 11.2. The van der Waals surface area contributed by atoms with E-state index in [1.807, 2.05) is 6.20 Å². The fourth-order valence-electron chi connectivity index (χ4n) is 4.44. The van der Waals surface area contributed by atoms with Crippen molar-refractivity contribution >= 4 is 24.4 Å². The summed E-state index contributed by atoms with van der Waals surface area (Å²) in [6.45, 7) is 3.64. The van der Waals surface area contributed by atoms with Crippen molar-refractivity contribution in [2.75, 3.05) is 31.5 Å². The molecule has 0 spiro atoms. The predicted octanol–water partition coefficient (Wildman–Crippen LogP) is 1.58. The van der Waals surface area contributed by atoms with Crippen LogP contribution < -0.4 is 5.73 Å². The summed E-state index contributed by atoms with van der Waals surface area (Å²) in [5.74, 6) is 1.12. The number of nitrogens with zero attached hydrogens (tertiary/aromatic N) is 6. The van der Waals surface area contributed by atoms with Crippen LogP contribution in [0.2, 0.25) is 0 Å². The number of aromatic nitrogens is 5. The van der Waals surface area contributed by atoms with Crippen LogP contribution in [0.25, 0.3) is 16.7 Å². The minimum absolute atomic E-state index is 0.202. The summed E-state index contributed by atoms with van der Waals surface area (Å²) in [6, 6.07) is 0.381. The summed E-state index contributed by atoms with van der Waals surface area (Å²) in [4.78, 5) is 29.4. The molecular weight excluding hydrogens is 405 g/mol. The molecule has 10 nitrogen and oxygen atoms in total. The lowest BCUT2D eigenvalue weighted by Gasteiger charge is -2.42. The van der Waals surface area contributed by atoms with E-state index in [9.17, 15) is 4.57 Å². The number of hydrogen-bond acceptors (Lipinski definition) is 6. The zero-order valence-electron chi connectivity index (χ0n) is 16.6. The highest BCUT2D eigenvalue weighted by molar-refractivity contribution is 7.51. The molecule has 160 valence electrons. The molecule has 1 aliphatic heterocycles. The van der Waals surface area contributed by atoms with Crippen molar-refractivity contribution in [1.82, 2.24) is 29.2 Å². The van der Waals surface area contributed by atoms with Gasteiger partial charge in [0, 0.05) is 25.0 Å². The molecule has 1 saturated carbocycles. The third-order valence-corrected chi connectivity index (χ3v) is 7.07. The molecule has 2 aliphatic rings. The van der Waals surface area contributed by atoms with Crippen LogP contribution in [0.3, 0.4) is 0 Å². The Morgan fingerprint density at radius 1 is 1.20 bits per heavy atom. The van der Waals surface area contributed by atoms with Crippen LogP contribution in [0.15, 0.2) is 24.9 Å². The van der Waals surface area contributed by atoms with Gasteiger partial charge in [-0.05, 0) is 50.3 Å². The Labute approximate surface area is 173 Å². The zero-order valence-corrected chi connectivity index (χ0v) is 17.5. The normalized spacial score (nSPS) is 22.2. The van der Waals surface area contributed by atoms with Crippen molar-refractivity contribution in [2.24, 2.45) is 5.92 Å². The first kappa shape index (κ1) is 19.7. The van der Waals surface area contributed by atoms with E-state index in [1.54, 1.807) is 17.1 Å². The van der Waals surface area contributed by atoms with Crippen LogP contribution in [-0.2, 0) is 11.0 Å². The van der Waals surface area contributed by atoms with E-state index < -0.39 is 7.60 Å². The SMILES string of the molecule is Nc1ncnc2c1c(-n1cc(CCP(=O)(O)O)cn1)cn2[C@H]1C[C@@H](CN2CCC2)C1. The number of fused-ring (bicyclic) bond motifs is 1. The van der Waals surface area contributed by atoms with Gasteiger partial charge in [0.15, 0.2) is 0 Å². The summed E-state index contributed by atoms with van der Waals surface area (Å²) < 4.78 is 15.0. The number of hydrogen-bond donors (Lipinski definition) is 3. The average molecular weight is 431 g/mol. The lowest BCUT2D eigenvalue weighted by Crippen LogP contribution is -2.43. The highest BCUT2D eigenvalue weighted by Gasteiger charge is 2.34. The van der Waals surface area contributed by atoms with Gasteiger partial charge in [-0.25, -0.2) is 14.6 Å². The van der Waals surface area contributed by atoms with Gasteiger partial charge in [-0.2, -0.15) is 5.10 Å². The Morgan fingerprint density at radius 3 is 2.70 bits per heavy atom. The van der Waals surface area contributed by atoms with Gasteiger partial charge >= 0.3 is 7.60 Å². The highest BCUT2D eigenvalue weighted by Crippen LogP contribution is 2.42. The predicted molar refractivity (Wildman–Crippen MR) is 112 cm³/mol. The van der Waals surface area contributed by atoms with E-state index in [2.05, 4.69) is 24.5 Å². The van der Waals surface area contributed by atoms with E-state index in [0.29, 0.717) is 11.9 Å². The molecule has 3 aromatic rings. The first-order valence-corrected chi connectivity index (χ1v) is 12.1. The second-order valence-electron chi connectivity index (χ2n) is 8.46. The summed E-state index contributed by atoms with van der Waals surface area (Å²) in [7, 11) is -4.05. The third kappa shape index (κ3) is 3.76. The van der Waals surface area contributed by atoms with Crippen LogP contribution in [0.5, 0.6) is 0 Å². The minimum Gasteiger partial charge on any atom is -0.383 e. The number of anilines is 1. The first-order valence-electron chi connectivity index (χ1n) is 10.3. The van der Waals surface area contributed by atoms with Crippen molar-refractivity contribution in [3.63, 3.8) is 0 Å². The molecule has 0 aromatic carbocycles. The van der Waals surface area contributed by atoms with Crippen molar-refractivity contribution < 1.29 is 14.4 Å². The van der Waals surface area contributed by atoms with Crippen molar-refractivity contribution in [3.05, 3.63) is 30.5 Å². The molecular formula is C19H26N7O3P. The van der Waals surface area contributed by atoms with Gasteiger partial charge in [0.1, 0.15) is 17.8 Å². The topological polar surface area (TPSA) is 135 Å². The maximum Gasteiger partial charge on any atom is 0.325 e. The Hall–Kier alpha value is -2.26. The highest BCUT2D eigenvalue weighted by atomic mass is 31.2. The molecule has 4 N–H and O–H groups in total. The number of aryl methyl sites for hydroxylation is 1. The van der Waals surface area contributed by atoms with E-state index in [4.69, 9.17) is 15.5 Å². The summed E-state index contributed by atoms with van der Waals surface area (Å²) in [5.41, 5.74) is 8.54. The van der Waals surface area contributed by atoms with Gasteiger partial charge in [0.2, 0.25) is 0 Å². The number of rotatable bonds is 7. The Balaban J connectivity index is 1.41. The lowest BCUT2D eigenvalue weighted by molar-refractivity contribution is 0.0921. The van der Waals surface area contributed by atoms with Crippen molar-refractivity contribution in [3.8, 4) is 5.69 Å². The second kappa shape index (κ2) is 7.46. The lowest BCUT2D eigenvalue weighted by atomic mass is 9.79. The quantitative estimate of drug-likeness (QED) is 0.480. The molecule has 30 heavy (non-hydrogen) atoms. The molecule has 0 amide bonds. The van der Waals surface area contributed by atoms with Crippen molar-refractivity contribution in [2.45, 2.75) is 31.7 Å². The number of likely N-dealkylation sites (tertiary alicyclic amines) is 1. The molecule has 0 unspecified atom stereocenters. The van der Waals surface area contributed by atoms with E-state index >= 15 is 0 Å². The molecule has 5 rings (SSSR count). The minimum atomic E-state index is -4.05. The monoisotopic (exact) mass is 431 g/mol. The van der Waals surface area contributed by atoms with Crippen LogP contribution in [0.4, 0.5) is 5.82 Å². The molecule has 0 bridgehead atoms. The van der Waals surface area contributed by atoms with E-state index in [-0.39, 0.29) is 12.6 Å². The average Bonchev–Trinajstić information content (AvgIpc) is 3.22. The Morgan fingerprint density at radius 2 is 2.00 bits per heavy atom. The van der Waals surface area contributed by atoms with E-state index in [0.717, 1.165) is 41.0 Å². The molecule has 0 atom stereocenters. The van der Waals surface area contributed by atoms with Crippen LogP contribution >= 0.6 is 7.60 Å². The smallest absolute Gasteiger partial charge is 0.325 e. The Kier molecular flexibility index (Phi) is 4.89. The maximum absolute atomic E-state index is 11.2. The fraction of sp³-hybridized carbons (Fsp3) is 0.526. The molecule has 0 radical (unpaired) electrons. The van der Waals surface area contributed by atoms with Gasteiger partial charge in [-0.1, -0.05) is 0 Å². The fourth-order valence-corrected chi connectivity index (χ4v) is 4.99. The molecule has 1 aliphatic carbocycles. The van der Waals surface area contributed by atoms with Gasteiger partial charge < -0.3 is 25.0 Å². The Bertz CT molecular complexity index is 1110. The summed E-state index contributed by atoms with van der Waals surface area (Å²) in [5, 5.41) is 5.16. The zero-order chi connectivity index (χ0) is 20.9. The van der Waals surface area contributed by atoms with Crippen LogP contribution in [0.1, 0.15) is 30.9 Å². The van der Waals surface area contributed by atoms with Crippen molar-refractivity contribution in [1.29, 1.82) is 0 Å². The molecule has 3 aromatic heterocycles. The van der Waals surface area contributed by atoms with Crippen LogP contribution in [-0.4, -0.2) is 64.8 Å². The van der Waals surface area contributed by atoms with Crippen LogP contribution in [0, 0.1) is 5.92 Å². The van der Waals surface area contributed by atoms with Gasteiger partial charge in [0.05, 0.1) is 23.4 Å². The van der Waals surface area contributed by atoms with Gasteiger partial charge in [0.25, 0.3) is 0 Å². The number of nitrogens with two attached hydrogens (primary N) is 1. The van der Waals surface area contributed by atoms with E-state index in [1.165, 1.54) is 32.4 Å². The number of nitrogen functional groups attached to an aromatic ring is 1. The van der Waals surface area contributed by atoms with Gasteiger partial charge in [-0.15, -0.1) is 0 Å². The molecule has 1 saturated heterocycles. The summed E-state index contributed by atoms with van der Waals surface area (Å²) in [6.07, 6.45) is 10.6. The molecule has 2 fully saturated rings. The van der Waals surface area contributed by atoms with Gasteiger partial charge in [-0.3, -0.25) is 4.57 Å². The summed E-state index contributed by atoms with van der Waals surface area (Å²) >= 11 is 0. The second-order valence-corrected chi connectivity index (χ2v) is 10.2. The first-order chi connectivity index (χ1) is 14.4. The third-order valence-electron chi connectivity index (χ3n) is 6.26. The molecule has 11 heteroatoms. The standard InChI is InChI=1S/C19H26N7O3P/c20-18-17-16(26-10-13(8-23-26)2-5-30(27,28)29)11-25(19(17)22-12-21-18)15-6-14(7-15)9-24-3-1-4-24/h8,10-12,14-15H,1-7,9H2,(H2,20,21,22)(H2,27,28,29)/t14-,15+. The molecule has 4 heterocycles.